The number of imide groups is 1. The van der Waals surface area contributed by atoms with Crippen molar-refractivity contribution in [1.29, 1.82) is 0 Å². The van der Waals surface area contributed by atoms with Crippen molar-refractivity contribution >= 4 is 46.9 Å². The zero-order valence-corrected chi connectivity index (χ0v) is 18.5. The number of urea groups is 1. The molecule has 2 atom stereocenters. The zero-order chi connectivity index (χ0) is 25.3. The van der Waals surface area contributed by atoms with Gasteiger partial charge in [-0.3, -0.25) is 28.9 Å². The molecule has 1 aromatic rings. The molecule has 1 heterocycles. The molecule has 0 saturated carbocycles. The van der Waals surface area contributed by atoms with Crippen LogP contribution in [0.15, 0.2) is 36.4 Å². The maximum absolute atomic E-state index is 12.7. The van der Waals surface area contributed by atoms with Gasteiger partial charge in [-0.15, -0.1) is 0 Å². The average molecular weight is 473 g/mol. The van der Waals surface area contributed by atoms with Gasteiger partial charge in [0.05, 0.1) is 6.04 Å². The Morgan fingerprint density at radius 3 is 2.03 bits per heavy atom. The molecule has 0 spiro atoms. The smallest absolute Gasteiger partial charge is 0.312 e. The summed E-state index contributed by atoms with van der Waals surface area (Å²) in [6.45, 7) is 1.29. The number of nitrogens with one attached hydrogen (secondary N) is 4. The van der Waals surface area contributed by atoms with E-state index in [0.717, 1.165) is 17.1 Å². The monoisotopic (exact) mass is 473 g/mol. The Morgan fingerprint density at radius 2 is 1.50 bits per heavy atom. The fourth-order valence-corrected chi connectivity index (χ4v) is 2.89. The first-order chi connectivity index (χ1) is 16.1. The van der Waals surface area contributed by atoms with Crippen LogP contribution in [0.3, 0.4) is 0 Å². The summed E-state index contributed by atoms with van der Waals surface area (Å²) in [5, 5.41) is 10.2. The number of carbonyl (C=O) groups is 6. The fraction of sp³-hybridized carbons (Fsp3) is 0.333. The Bertz CT molecular complexity index is 972. The molecule has 0 aliphatic carbocycles. The van der Waals surface area contributed by atoms with Crippen LogP contribution in [-0.4, -0.2) is 65.6 Å². The summed E-state index contributed by atoms with van der Waals surface area (Å²) in [7, 11) is 0. The van der Waals surface area contributed by atoms with Gasteiger partial charge < -0.3 is 32.7 Å². The van der Waals surface area contributed by atoms with Gasteiger partial charge in [-0.25, -0.2) is 4.79 Å². The minimum absolute atomic E-state index is 0.224. The normalized spacial score (nSPS) is 14.4. The van der Waals surface area contributed by atoms with Crippen molar-refractivity contribution in [3.63, 3.8) is 0 Å². The lowest BCUT2D eigenvalue weighted by atomic mass is 10.1. The van der Waals surface area contributed by atoms with Crippen LogP contribution < -0.4 is 32.7 Å². The van der Waals surface area contributed by atoms with Gasteiger partial charge in [0, 0.05) is 30.1 Å². The van der Waals surface area contributed by atoms with Gasteiger partial charge in [-0.2, -0.15) is 0 Å². The second-order valence-corrected chi connectivity index (χ2v) is 7.49. The molecule has 182 valence electrons. The van der Waals surface area contributed by atoms with E-state index >= 15 is 0 Å². The van der Waals surface area contributed by atoms with Crippen LogP contribution >= 0.6 is 0 Å². The van der Waals surface area contributed by atoms with Crippen LogP contribution in [0.25, 0.3) is 0 Å². The second-order valence-electron chi connectivity index (χ2n) is 7.49. The molecule has 13 heteroatoms. The summed E-state index contributed by atoms with van der Waals surface area (Å²) in [5.41, 5.74) is 11.3. The number of nitrogens with zero attached hydrogens (tertiary/aromatic N) is 1. The number of benzene rings is 1. The maximum Gasteiger partial charge on any atom is 0.312 e. The van der Waals surface area contributed by atoms with Crippen molar-refractivity contribution < 1.29 is 28.8 Å². The van der Waals surface area contributed by atoms with Gasteiger partial charge in [-0.1, -0.05) is 0 Å². The Hall–Kier alpha value is -4.26. The van der Waals surface area contributed by atoms with Gasteiger partial charge in [0.25, 0.3) is 11.8 Å². The van der Waals surface area contributed by atoms with E-state index in [2.05, 4.69) is 21.3 Å². The molecule has 2 rings (SSSR count). The first-order valence-electron chi connectivity index (χ1n) is 10.4. The first kappa shape index (κ1) is 26.0. The van der Waals surface area contributed by atoms with Gasteiger partial charge >= 0.3 is 6.03 Å². The van der Waals surface area contributed by atoms with Crippen LogP contribution in [0.2, 0.25) is 0 Å². The number of carbonyl (C=O) groups excluding carboxylic acids is 6. The van der Waals surface area contributed by atoms with Crippen LogP contribution in [0.4, 0.5) is 16.2 Å². The van der Waals surface area contributed by atoms with Gasteiger partial charge in [0.1, 0.15) is 12.6 Å². The molecule has 0 radical (unpaired) electrons. The lowest BCUT2D eigenvalue weighted by molar-refractivity contribution is -0.139. The minimum Gasteiger partial charge on any atom is -0.352 e. The van der Waals surface area contributed by atoms with Gasteiger partial charge in [0.2, 0.25) is 17.7 Å². The lowest BCUT2D eigenvalue weighted by Crippen LogP contribution is -2.49. The van der Waals surface area contributed by atoms with E-state index in [1.807, 2.05) is 0 Å². The maximum atomic E-state index is 12.7. The standard InChI is InChI=1S/C21H27N7O6/c1-12(22)19(32)27-15(3-2-10-24-21(23)34)20(33)26-14-6-4-13(5-7-14)25-16(29)11-28-17(30)8-9-18(28)31/h4-9,12,15H,2-3,10-11,22H2,1H3,(H,25,29)(H,26,33)(H,27,32)(H3,23,24,34)/t12-,15-/m0/s1. The summed E-state index contributed by atoms with van der Waals surface area (Å²) in [4.78, 5) is 71.4. The van der Waals surface area contributed by atoms with Crippen molar-refractivity contribution in [2.45, 2.75) is 31.8 Å². The third-order valence-corrected chi connectivity index (χ3v) is 4.65. The number of anilines is 2. The van der Waals surface area contributed by atoms with E-state index in [9.17, 15) is 28.8 Å². The molecule has 8 N–H and O–H groups in total. The van der Waals surface area contributed by atoms with Gasteiger partial charge in [0.15, 0.2) is 0 Å². The highest BCUT2D eigenvalue weighted by Crippen LogP contribution is 2.15. The molecular weight excluding hydrogens is 446 g/mol. The second kappa shape index (κ2) is 12.1. The number of amides is 7. The molecule has 1 aliphatic heterocycles. The van der Waals surface area contributed by atoms with Crippen LogP contribution in [0, 0.1) is 0 Å². The Morgan fingerprint density at radius 1 is 0.941 bits per heavy atom. The third kappa shape index (κ3) is 8.02. The number of hydrogen-bond donors (Lipinski definition) is 6. The van der Waals surface area contributed by atoms with Gasteiger partial charge in [-0.05, 0) is 44.0 Å². The third-order valence-electron chi connectivity index (χ3n) is 4.65. The first-order valence-corrected chi connectivity index (χ1v) is 10.4. The molecule has 0 bridgehead atoms. The molecule has 1 aromatic carbocycles. The highest BCUT2D eigenvalue weighted by molar-refractivity contribution is 6.15. The van der Waals surface area contributed by atoms with E-state index in [0.29, 0.717) is 17.8 Å². The topological polar surface area (TPSA) is 206 Å². The van der Waals surface area contributed by atoms with Crippen LogP contribution in [0.5, 0.6) is 0 Å². The largest absolute Gasteiger partial charge is 0.352 e. The predicted octanol–water partition coefficient (Wildman–Crippen LogP) is -1.23. The number of rotatable bonds is 11. The summed E-state index contributed by atoms with van der Waals surface area (Å²) in [6, 6.07) is 3.68. The molecule has 34 heavy (non-hydrogen) atoms. The molecule has 0 aromatic heterocycles. The fourth-order valence-electron chi connectivity index (χ4n) is 2.89. The average Bonchev–Trinajstić information content (AvgIpc) is 3.08. The van der Waals surface area contributed by atoms with Crippen molar-refractivity contribution in [2.24, 2.45) is 11.5 Å². The summed E-state index contributed by atoms with van der Waals surface area (Å²) in [5.74, 6) is -2.69. The SMILES string of the molecule is C[C@H](N)C(=O)N[C@@H](CCCNC(N)=O)C(=O)Nc1ccc(NC(=O)CN2C(=O)C=CC2=O)cc1. The van der Waals surface area contributed by atoms with Crippen molar-refractivity contribution in [1.82, 2.24) is 15.5 Å². The predicted molar refractivity (Wildman–Crippen MR) is 122 cm³/mol. The lowest BCUT2D eigenvalue weighted by Gasteiger charge is -2.20. The summed E-state index contributed by atoms with van der Waals surface area (Å²) >= 11 is 0. The van der Waals surface area contributed by atoms with Crippen molar-refractivity contribution in [2.75, 3.05) is 23.7 Å². The van der Waals surface area contributed by atoms with Crippen molar-refractivity contribution in [3.8, 4) is 0 Å². The number of hydrogen-bond acceptors (Lipinski definition) is 7. The molecule has 0 saturated heterocycles. The molecule has 1 aliphatic rings. The molecular formula is C21H27N7O6. The van der Waals surface area contributed by atoms with E-state index in [4.69, 9.17) is 11.5 Å². The Balaban J connectivity index is 1.93. The minimum atomic E-state index is -0.906. The summed E-state index contributed by atoms with van der Waals surface area (Å²) < 4.78 is 0. The number of nitrogens with two attached hydrogens (primary N) is 2. The van der Waals surface area contributed by atoms with Crippen LogP contribution in [-0.2, 0) is 24.0 Å². The highest BCUT2D eigenvalue weighted by Gasteiger charge is 2.25. The zero-order valence-electron chi connectivity index (χ0n) is 18.5. The molecule has 7 amide bonds. The van der Waals surface area contributed by atoms with E-state index < -0.39 is 54.2 Å². The molecule has 13 nitrogen and oxygen atoms in total. The van der Waals surface area contributed by atoms with Crippen LogP contribution in [0.1, 0.15) is 19.8 Å². The summed E-state index contributed by atoms with van der Waals surface area (Å²) in [6.07, 6.45) is 2.78. The van der Waals surface area contributed by atoms with E-state index in [-0.39, 0.29) is 13.0 Å². The molecule has 0 fully saturated rings. The highest BCUT2D eigenvalue weighted by atomic mass is 16.2. The van der Waals surface area contributed by atoms with E-state index in [1.54, 1.807) is 0 Å². The quantitative estimate of drug-likeness (QED) is 0.170. The van der Waals surface area contributed by atoms with E-state index in [1.165, 1.54) is 31.2 Å². The number of primary amides is 1. The Labute approximate surface area is 195 Å². The Kier molecular flexibility index (Phi) is 9.26. The molecule has 0 unspecified atom stereocenters. The van der Waals surface area contributed by atoms with Crippen molar-refractivity contribution in [3.05, 3.63) is 36.4 Å².